The first kappa shape index (κ1) is 30.2. The van der Waals surface area contributed by atoms with Crippen LogP contribution in [0.4, 0.5) is 26.0 Å². The molecule has 2 saturated heterocycles. The molecule has 2 aromatic heterocycles. The number of anilines is 3. The number of benzene rings is 1. The van der Waals surface area contributed by atoms with Crippen molar-refractivity contribution in [3.63, 3.8) is 0 Å². The third-order valence-corrected chi connectivity index (χ3v) is 10.2. The summed E-state index contributed by atoms with van der Waals surface area (Å²) >= 11 is 0. The molecule has 2 aliphatic heterocycles. The van der Waals surface area contributed by atoms with E-state index in [0.717, 1.165) is 25.7 Å². The molecule has 0 atom stereocenters. The Labute approximate surface area is 254 Å². The van der Waals surface area contributed by atoms with Crippen LogP contribution in [0.2, 0.25) is 0 Å². The van der Waals surface area contributed by atoms with Gasteiger partial charge < -0.3 is 20.6 Å². The zero-order chi connectivity index (χ0) is 31.3. The van der Waals surface area contributed by atoms with Gasteiger partial charge in [0.1, 0.15) is 5.69 Å². The van der Waals surface area contributed by atoms with E-state index >= 15 is 0 Å². The summed E-state index contributed by atoms with van der Waals surface area (Å²) in [5, 5.41) is 13.6. The van der Waals surface area contributed by atoms with Crippen molar-refractivity contribution in [3.8, 4) is 22.5 Å². The van der Waals surface area contributed by atoms with E-state index in [0.29, 0.717) is 46.8 Å². The number of piperidine rings is 2. The highest BCUT2D eigenvalue weighted by Gasteiger charge is 2.45. The molecule has 3 aromatic rings. The second kappa shape index (κ2) is 11.3. The zero-order valence-corrected chi connectivity index (χ0v) is 25.3. The quantitative estimate of drug-likeness (QED) is 0.323. The minimum absolute atomic E-state index is 0.0385. The number of carbonyl (C=O) groups excluding carboxylic acids is 1. The first-order valence-electron chi connectivity index (χ1n) is 14.7. The molecule has 15 heteroatoms. The summed E-state index contributed by atoms with van der Waals surface area (Å²) in [5.41, 5.74) is 8.61. The molecule has 0 radical (unpaired) electrons. The van der Waals surface area contributed by atoms with Crippen molar-refractivity contribution in [2.75, 3.05) is 53.1 Å². The highest BCUT2D eigenvalue weighted by atomic mass is 32.2. The fraction of sp³-hybridized carbons (Fsp3) is 0.517. The average Bonchev–Trinajstić information content (AvgIpc) is 3.58. The Morgan fingerprint density at radius 3 is 2.32 bits per heavy atom. The van der Waals surface area contributed by atoms with E-state index in [4.69, 9.17) is 15.7 Å². The number of amides is 1. The number of nitrogens with one attached hydrogen (secondary N) is 1. The number of hydrogen-bond acceptors (Lipinski definition) is 9. The van der Waals surface area contributed by atoms with E-state index in [1.807, 2.05) is 4.90 Å². The third kappa shape index (κ3) is 6.07. The number of rotatable bonds is 9. The summed E-state index contributed by atoms with van der Waals surface area (Å²) in [7, 11) is -2.23. The molecule has 4 N–H and O–H groups in total. The number of alkyl halides is 2. The molecule has 4 heterocycles. The lowest BCUT2D eigenvalue weighted by Crippen LogP contribution is -2.40. The highest BCUT2D eigenvalue weighted by Crippen LogP contribution is 2.55. The fourth-order valence-corrected chi connectivity index (χ4v) is 7.04. The monoisotopic (exact) mass is 630 g/mol. The van der Waals surface area contributed by atoms with Gasteiger partial charge in [-0.2, -0.15) is 5.10 Å². The van der Waals surface area contributed by atoms with Gasteiger partial charge in [-0.3, -0.25) is 14.2 Å². The lowest BCUT2D eigenvalue weighted by atomic mass is 9.91. The summed E-state index contributed by atoms with van der Waals surface area (Å²) < 4.78 is 58.3. The Kier molecular flexibility index (Phi) is 7.72. The van der Waals surface area contributed by atoms with Crippen LogP contribution in [-0.4, -0.2) is 83.6 Å². The van der Waals surface area contributed by atoms with Gasteiger partial charge in [-0.15, -0.1) is 0 Å². The molecule has 236 valence electrons. The maximum Gasteiger partial charge on any atom is 0.251 e. The summed E-state index contributed by atoms with van der Waals surface area (Å²) in [6, 6.07) is 2.95. The molecule has 0 bridgehead atoms. The first-order chi connectivity index (χ1) is 20.9. The number of halogens is 2. The minimum atomic E-state index is -3.98. The third-order valence-electron chi connectivity index (χ3n) is 8.95. The summed E-state index contributed by atoms with van der Waals surface area (Å²) in [6.45, 7) is 0.757. The van der Waals surface area contributed by atoms with Crippen LogP contribution in [0.5, 0.6) is 0 Å². The maximum absolute atomic E-state index is 14.2. The predicted octanol–water partition coefficient (Wildman–Crippen LogP) is 2.99. The van der Waals surface area contributed by atoms with Crippen LogP contribution in [-0.2, 0) is 17.1 Å². The van der Waals surface area contributed by atoms with E-state index in [2.05, 4.69) is 9.82 Å². The molecule has 1 spiro atoms. The van der Waals surface area contributed by atoms with Crippen molar-refractivity contribution in [3.05, 3.63) is 36.3 Å². The number of nitrogens with zero attached hydrogens (tertiary/aromatic N) is 6. The molecule has 0 unspecified atom stereocenters. The average molecular weight is 631 g/mol. The van der Waals surface area contributed by atoms with Crippen molar-refractivity contribution in [2.45, 2.75) is 44.4 Å². The molecular weight excluding hydrogens is 594 g/mol. The molecule has 1 aliphatic carbocycles. The van der Waals surface area contributed by atoms with E-state index in [1.165, 1.54) is 18.3 Å². The van der Waals surface area contributed by atoms with Crippen LogP contribution < -0.4 is 20.3 Å². The van der Waals surface area contributed by atoms with Gasteiger partial charge in [-0.05, 0) is 43.2 Å². The molecule has 12 nitrogen and oxygen atoms in total. The van der Waals surface area contributed by atoms with E-state index in [1.54, 1.807) is 29.0 Å². The maximum atomic E-state index is 14.2. The first-order valence-corrected chi connectivity index (χ1v) is 16.4. The van der Waals surface area contributed by atoms with Crippen LogP contribution in [0.1, 0.15) is 48.9 Å². The number of aliphatic hydroxyl groups is 1. The smallest absolute Gasteiger partial charge is 0.251 e. The van der Waals surface area contributed by atoms with Gasteiger partial charge in [-0.25, -0.2) is 27.2 Å². The predicted molar refractivity (Wildman–Crippen MR) is 162 cm³/mol. The van der Waals surface area contributed by atoms with Crippen molar-refractivity contribution in [1.82, 2.24) is 19.7 Å². The van der Waals surface area contributed by atoms with Crippen LogP contribution >= 0.6 is 0 Å². The Bertz CT molecular complexity index is 1670. The number of carbonyl (C=O) groups is 1. The van der Waals surface area contributed by atoms with E-state index in [9.17, 15) is 27.1 Å². The number of nitrogens with two attached hydrogens (primary N) is 1. The van der Waals surface area contributed by atoms with Crippen molar-refractivity contribution in [1.29, 1.82) is 0 Å². The van der Waals surface area contributed by atoms with Gasteiger partial charge in [0, 0.05) is 57.8 Å². The Balaban J connectivity index is 1.54. The summed E-state index contributed by atoms with van der Waals surface area (Å²) in [6.07, 6.45) is 8.32. The van der Waals surface area contributed by atoms with Gasteiger partial charge in [0.05, 0.1) is 52.9 Å². The minimum Gasteiger partial charge on any atom is -0.395 e. The number of sulfonamides is 1. The van der Waals surface area contributed by atoms with Crippen LogP contribution in [0.3, 0.4) is 0 Å². The lowest BCUT2D eigenvalue weighted by molar-refractivity contribution is -0.0221. The summed E-state index contributed by atoms with van der Waals surface area (Å²) in [4.78, 5) is 26.3. The largest absolute Gasteiger partial charge is 0.395 e. The van der Waals surface area contributed by atoms with Gasteiger partial charge in [0.15, 0.2) is 5.82 Å². The zero-order valence-electron chi connectivity index (χ0n) is 24.5. The van der Waals surface area contributed by atoms with E-state index in [-0.39, 0.29) is 42.9 Å². The normalized spacial score (nSPS) is 19.3. The second-order valence-corrected chi connectivity index (χ2v) is 13.9. The molecule has 1 aromatic carbocycles. The van der Waals surface area contributed by atoms with Crippen molar-refractivity contribution >= 4 is 33.1 Å². The topological polar surface area (TPSA) is 160 Å². The highest BCUT2D eigenvalue weighted by molar-refractivity contribution is 7.92. The molecule has 1 amide bonds. The molecule has 6 rings (SSSR count). The Morgan fingerprint density at radius 1 is 1.05 bits per heavy atom. The van der Waals surface area contributed by atoms with Crippen LogP contribution in [0, 0.1) is 5.41 Å². The number of aryl methyl sites for hydroxylation is 1. The Hall–Kier alpha value is -3.85. The van der Waals surface area contributed by atoms with Gasteiger partial charge >= 0.3 is 0 Å². The molecular formula is C29H36F2N8O4S. The number of aliphatic hydroxyl groups excluding tert-OH is 1. The second-order valence-electron chi connectivity index (χ2n) is 12.1. The number of primary amides is 1. The van der Waals surface area contributed by atoms with Crippen LogP contribution in [0.15, 0.2) is 30.7 Å². The van der Waals surface area contributed by atoms with Gasteiger partial charge in [-0.1, -0.05) is 0 Å². The van der Waals surface area contributed by atoms with Crippen LogP contribution in [0.25, 0.3) is 22.5 Å². The SMILES string of the molecule is Cn1cc(-c2ncc(-c3c(NS(=O)(=O)CCO)ccc(C(N)=O)c3N3CCC4(CC3)CC4)nc2N2CCC(F)(F)CC2)cn1. The fourth-order valence-electron chi connectivity index (χ4n) is 6.20. The Morgan fingerprint density at radius 2 is 1.73 bits per heavy atom. The molecule has 3 aliphatic rings. The molecule has 1 saturated carbocycles. The summed E-state index contributed by atoms with van der Waals surface area (Å²) in [5.74, 6) is -3.66. The number of aromatic nitrogens is 4. The molecule has 3 fully saturated rings. The van der Waals surface area contributed by atoms with Crippen molar-refractivity contribution < 1.29 is 27.1 Å². The molecule has 44 heavy (non-hydrogen) atoms. The number of hydrogen-bond donors (Lipinski definition) is 3. The van der Waals surface area contributed by atoms with E-state index < -0.39 is 34.2 Å². The standard InChI is InChI=1S/C29H36F2N8O4S/c1-37-18-19(16-34-37)24-27(39-12-8-29(30,31)9-13-39)35-22(17-33-24)23-21(36-44(42,43)15-14-40)3-2-20(26(32)41)25(23)38-10-6-28(4-5-28)7-11-38/h2-3,16-18,36,40H,4-15H2,1H3,(H2,32,41). The van der Waals surface area contributed by atoms with Gasteiger partial charge in [0.25, 0.3) is 11.8 Å². The van der Waals surface area contributed by atoms with Gasteiger partial charge in [0.2, 0.25) is 10.0 Å². The van der Waals surface area contributed by atoms with Crippen molar-refractivity contribution in [2.24, 2.45) is 18.2 Å². The lowest BCUT2D eigenvalue weighted by Gasteiger charge is -2.36.